The van der Waals surface area contributed by atoms with Crippen LogP contribution in [0.25, 0.3) is 0 Å². The minimum absolute atomic E-state index is 0.0276. The molecule has 0 aliphatic rings. The van der Waals surface area contributed by atoms with Crippen molar-refractivity contribution in [2.75, 3.05) is 11.9 Å². The third-order valence-electron chi connectivity index (χ3n) is 2.62. The summed E-state index contributed by atoms with van der Waals surface area (Å²) in [6.45, 7) is 5.16. The average molecular weight is 330 g/mol. The highest BCUT2D eigenvalue weighted by molar-refractivity contribution is 6.30. The molecular weight excluding hydrogens is 310 g/mol. The second kappa shape index (κ2) is 7.47. The van der Waals surface area contributed by atoms with Crippen LogP contribution in [0.3, 0.4) is 0 Å². The van der Waals surface area contributed by atoms with Gasteiger partial charge in [-0.15, -0.1) is 11.6 Å². The van der Waals surface area contributed by atoms with Crippen molar-refractivity contribution >= 4 is 29.2 Å². The average Bonchev–Trinajstić information content (AvgIpc) is 2.42. The molecule has 0 fully saturated rings. The molecule has 2 atom stereocenters. The fraction of sp³-hybridized carbons (Fsp3) is 0.467. The quantitative estimate of drug-likeness (QED) is 0.546. The molecule has 0 aliphatic heterocycles. The maximum Gasteiger partial charge on any atom is 0.335 e. The van der Waals surface area contributed by atoms with E-state index in [0.717, 1.165) is 0 Å². The van der Waals surface area contributed by atoms with E-state index in [1.165, 1.54) is 12.1 Å². The lowest BCUT2D eigenvalue weighted by Crippen LogP contribution is -2.39. The van der Waals surface area contributed by atoms with Crippen LogP contribution in [0, 0.1) is 0 Å². The molecule has 6 nitrogen and oxygen atoms in total. The van der Waals surface area contributed by atoms with Gasteiger partial charge in [0.05, 0.1) is 11.7 Å². The molecule has 0 spiro atoms. The molecule has 0 saturated heterocycles. The number of benzene rings is 1. The number of carboxylic acid groups (broad SMARTS) is 1. The van der Waals surface area contributed by atoms with E-state index < -0.39 is 29.0 Å². The van der Waals surface area contributed by atoms with Crippen LogP contribution < -0.4 is 5.32 Å². The Balaban J connectivity index is 2.52. The standard InChI is InChI=1S/C15H20ClNO5/c1-15(2,3)22-14(21)12(16)11(18)8-17-10-6-4-9(5-7-10)13(19)20/h4-7,11-12,17-18H,8H2,1-3H3,(H,19,20). The summed E-state index contributed by atoms with van der Waals surface area (Å²) in [7, 11) is 0. The molecule has 2 unspecified atom stereocenters. The number of ether oxygens (including phenoxy) is 1. The second-order valence-corrected chi connectivity index (χ2v) is 6.24. The van der Waals surface area contributed by atoms with Crippen LogP contribution in [0.15, 0.2) is 24.3 Å². The van der Waals surface area contributed by atoms with Crippen molar-refractivity contribution in [3.05, 3.63) is 29.8 Å². The number of aliphatic hydroxyl groups excluding tert-OH is 1. The van der Waals surface area contributed by atoms with Gasteiger partial charge in [-0.1, -0.05) is 0 Å². The van der Waals surface area contributed by atoms with Crippen molar-refractivity contribution < 1.29 is 24.5 Å². The van der Waals surface area contributed by atoms with Gasteiger partial charge in [-0.3, -0.25) is 4.79 Å². The number of esters is 1. The predicted octanol–water partition coefficient (Wildman–Crippen LogP) is 2.11. The first-order valence-corrected chi connectivity index (χ1v) is 7.16. The zero-order valence-corrected chi connectivity index (χ0v) is 13.4. The van der Waals surface area contributed by atoms with E-state index >= 15 is 0 Å². The number of halogens is 1. The number of rotatable bonds is 6. The first-order chi connectivity index (χ1) is 10.1. The molecular formula is C15H20ClNO5. The largest absolute Gasteiger partial charge is 0.478 e. The van der Waals surface area contributed by atoms with Gasteiger partial charge in [-0.25, -0.2) is 4.79 Å². The SMILES string of the molecule is CC(C)(C)OC(=O)C(Cl)C(O)CNc1ccc(C(=O)O)cc1. The van der Waals surface area contributed by atoms with Gasteiger partial charge in [0.15, 0.2) is 5.38 Å². The van der Waals surface area contributed by atoms with Crippen molar-refractivity contribution in [3.8, 4) is 0 Å². The van der Waals surface area contributed by atoms with E-state index in [9.17, 15) is 14.7 Å². The van der Waals surface area contributed by atoms with E-state index in [1.807, 2.05) is 0 Å². The van der Waals surface area contributed by atoms with Gasteiger partial charge >= 0.3 is 11.9 Å². The summed E-state index contributed by atoms with van der Waals surface area (Å²) in [6, 6.07) is 5.99. The highest BCUT2D eigenvalue weighted by Gasteiger charge is 2.29. The van der Waals surface area contributed by atoms with Gasteiger partial charge in [0.2, 0.25) is 0 Å². The number of hydrogen-bond acceptors (Lipinski definition) is 5. The van der Waals surface area contributed by atoms with Crippen molar-refractivity contribution in [2.24, 2.45) is 0 Å². The fourth-order valence-corrected chi connectivity index (χ4v) is 1.71. The number of aliphatic hydroxyl groups is 1. The van der Waals surface area contributed by atoms with Gasteiger partial charge in [-0.05, 0) is 45.0 Å². The summed E-state index contributed by atoms with van der Waals surface area (Å²) in [6.07, 6.45) is -1.14. The summed E-state index contributed by atoms with van der Waals surface area (Å²) in [5.41, 5.74) is 0.0940. The van der Waals surface area contributed by atoms with Crippen LogP contribution in [0.5, 0.6) is 0 Å². The molecule has 0 radical (unpaired) electrons. The monoisotopic (exact) mass is 329 g/mol. The van der Waals surface area contributed by atoms with Crippen LogP contribution in [0.4, 0.5) is 5.69 Å². The second-order valence-electron chi connectivity index (χ2n) is 5.77. The third-order valence-corrected chi connectivity index (χ3v) is 3.09. The number of hydrogen-bond donors (Lipinski definition) is 3. The lowest BCUT2D eigenvalue weighted by Gasteiger charge is -2.23. The summed E-state index contributed by atoms with van der Waals surface area (Å²) in [5, 5.41) is 20.4. The minimum atomic E-state index is -1.19. The Morgan fingerprint density at radius 1 is 1.27 bits per heavy atom. The molecule has 0 bridgehead atoms. The lowest BCUT2D eigenvalue weighted by molar-refractivity contribution is -0.156. The molecule has 3 N–H and O–H groups in total. The molecule has 0 saturated carbocycles. The molecule has 1 aromatic carbocycles. The van der Waals surface area contributed by atoms with E-state index in [1.54, 1.807) is 32.9 Å². The summed E-state index contributed by atoms with van der Waals surface area (Å²) < 4.78 is 5.09. The Morgan fingerprint density at radius 3 is 2.27 bits per heavy atom. The zero-order chi connectivity index (χ0) is 16.9. The number of carboxylic acids is 1. The molecule has 1 rings (SSSR count). The van der Waals surface area contributed by atoms with Crippen LogP contribution in [0.1, 0.15) is 31.1 Å². The molecule has 122 valence electrons. The van der Waals surface area contributed by atoms with Crippen LogP contribution >= 0.6 is 11.6 Å². The van der Waals surface area contributed by atoms with Crippen molar-refractivity contribution in [2.45, 2.75) is 37.9 Å². The Hall–Kier alpha value is -1.79. The molecule has 0 amide bonds. The summed E-state index contributed by atoms with van der Waals surface area (Å²) in [5.74, 6) is -1.71. The molecule has 0 heterocycles. The number of carbonyl (C=O) groups excluding carboxylic acids is 1. The van der Waals surface area contributed by atoms with Crippen molar-refractivity contribution in [1.82, 2.24) is 0 Å². The third kappa shape index (κ3) is 5.91. The highest BCUT2D eigenvalue weighted by Crippen LogP contribution is 2.15. The topological polar surface area (TPSA) is 95.9 Å². The van der Waals surface area contributed by atoms with Crippen molar-refractivity contribution in [3.63, 3.8) is 0 Å². The van der Waals surface area contributed by atoms with Gasteiger partial charge < -0.3 is 20.3 Å². The molecule has 0 aliphatic carbocycles. The maximum atomic E-state index is 11.7. The first-order valence-electron chi connectivity index (χ1n) is 6.72. The molecule has 7 heteroatoms. The molecule has 0 aromatic heterocycles. The highest BCUT2D eigenvalue weighted by atomic mass is 35.5. The summed E-state index contributed by atoms with van der Waals surface area (Å²) in [4.78, 5) is 22.5. The van der Waals surface area contributed by atoms with E-state index in [2.05, 4.69) is 5.32 Å². The van der Waals surface area contributed by atoms with Crippen LogP contribution in [-0.4, -0.2) is 45.8 Å². The lowest BCUT2D eigenvalue weighted by atomic mass is 10.1. The van der Waals surface area contributed by atoms with Crippen LogP contribution in [0.2, 0.25) is 0 Å². The number of aromatic carboxylic acids is 1. The van der Waals surface area contributed by atoms with Crippen LogP contribution in [-0.2, 0) is 9.53 Å². The smallest absolute Gasteiger partial charge is 0.335 e. The van der Waals surface area contributed by atoms with E-state index in [0.29, 0.717) is 5.69 Å². The zero-order valence-electron chi connectivity index (χ0n) is 12.7. The number of alkyl halides is 1. The maximum absolute atomic E-state index is 11.7. The number of anilines is 1. The normalized spacial score (nSPS) is 14.0. The molecule has 1 aromatic rings. The Labute approximate surface area is 134 Å². The van der Waals surface area contributed by atoms with E-state index in [4.69, 9.17) is 21.4 Å². The van der Waals surface area contributed by atoms with Gasteiger partial charge in [0, 0.05) is 12.2 Å². The molecule has 22 heavy (non-hydrogen) atoms. The summed E-state index contributed by atoms with van der Waals surface area (Å²) >= 11 is 5.88. The number of carbonyl (C=O) groups is 2. The van der Waals surface area contributed by atoms with Gasteiger partial charge in [-0.2, -0.15) is 0 Å². The minimum Gasteiger partial charge on any atom is -0.478 e. The predicted molar refractivity (Wildman–Crippen MR) is 83.4 cm³/mol. The van der Waals surface area contributed by atoms with Gasteiger partial charge in [0.1, 0.15) is 5.60 Å². The Kier molecular flexibility index (Phi) is 6.20. The Morgan fingerprint density at radius 2 is 1.82 bits per heavy atom. The fourth-order valence-electron chi connectivity index (χ4n) is 1.57. The van der Waals surface area contributed by atoms with Crippen molar-refractivity contribution in [1.29, 1.82) is 0 Å². The van der Waals surface area contributed by atoms with E-state index in [-0.39, 0.29) is 12.1 Å². The number of nitrogens with one attached hydrogen (secondary N) is 1. The van der Waals surface area contributed by atoms with Gasteiger partial charge in [0.25, 0.3) is 0 Å². The Bertz CT molecular complexity index is 524. The first kappa shape index (κ1) is 18.3.